The van der Waals surface area contributed by atoms with Crippen molar-refractivity contribution in [3.8, 4) is 23.7 Å². The molecule has 1 heterocycles. The van der Waals surface area contributed by atoms with Gasteiger partial charge in [-0.3, -0.25) is 4.90 Å². The van der Waals surface area contributed by atoms with Crippen LogP contribution in [0.3, 0.4) is 0 Å². The highest BCUT2D eigenvalue weighted by Crippen LogP contribution is 2.39. The summed E-state index contributed by atoms with van der Waals surface area (Å²) < 4.78 is 10.9. The number of fused-ring (bicyclic) bond motifs is 2. The number of carbonyl (C=O) groups excluding carboxylic acids is 1. The number of carbonyl (C=O) groups is 1. The van der Waals surface area contributed by atoms with E-state index in [0.717, 1.165) is 25.9 Å². The van der Waals surface area contributed by atoms with E-state index in [0.29, 0.717) is 29.7 Å². The number of hydrogen-bond acceptors (Lipinski definition) is 6. The highest BCUT2D eigenvalue weighted by atomic mass is 16.6. The minimum atomic E-state index is -0.605. The molecule has 1 saturated carbocycles. The minimum Gasteiger partial charge on any atom is -0.491 e. The van der Waals surface area contributed by atoms with E-state index in [9.17, 15) is 9.90 Å². The summed E-state index contributed by atoms with van der Waals surface area (Å²) in [5.74, 6) is 6.87. The number of aliphatic hydroxyl groups is 1. The summed E-state index contributed by atoms with van der Waals surface area (Å²) in [5.41, 5.74) is 0.577. The summed E-state index contributed by atoms with van der Waals surface area (Å²) in [6, 6.07) is 9.10. The normalized spacial score (nSPS) is 23.6. The zero-order valence-corrected chi connectivity index (χ0v) is 17.6. The Hall–Kier alpha value is -2.74. The molecule has 1 saturated heterocycles. The van der Waals surface area contributed by atoms with Crippen molar-refractivity contribution in [2.75, 3.05) is 39.9 Å². The van der Waals surface area contributed by atoms with Gasteiger partial charge in [-0.1, -0.05) is 5.92 Å². The van der Waals surface area contributed by atoms with Crippen molar-refractivity contribution < 1.29 is 19.4 Å². The van der Waals surface area contributed by atoms with Crippen LogP contribution in [0.25, 0.3) is 0 Å². The van der Waals surface area contributed by atoms with E-state index in [1.165, 1.54) is 0 Å². The molecule has 1 aliphatic heterocycles. The van der Waals surface area contributed by atoms with Gasteiger partial charge in [0.25, 0.3) is 0 Å². The van der Waals surface area contributed by atoms with Gasteiger partial charge >= 0.3 is 6.09 Å². The molecule has 7 heteroatoms. The number of ether oxygens (including phenoxy) is 2. The summed E-state index contributed by atoms with van der Waals surface area (Å²) >= 11 is 0. The molecule has 7 nitrogen and oxygen atoms in total. The lowest BCUT2D eigenvalue weighted by atomic mass is 9.91. The standard InChI is InChI=1S/C23H29N3O4/c1-3-4-11-29-23(28)25(2)22-18-7-8-19(22)14-26(13-18)15-20(27)16-30-21-9-5-17(12-24)6-10-21/h5-6,9-10,18-20,22,27H,7-8,11,13-16H2,1-2H3. The Kier molecular flexibility index (Phi) is 7.57. The molecule has 1 aliphatic carbocycles. The molecule has 0 spiro atoms. The highest BCUT2D eigenvalue weighted by Gasteiger charge is 2.45. The summed E-state index contributed by atoms with van der Waals surface area (Å²) in [6.45, 7) is 4.28. The molecular formula is C23H29N3O4. The second-order valence-corrected chi connectivity index (χ2v) is 8.00. The molecule has 30 heavy (non-hydrogen) atoms. The first-order valence-electron chi connectivity index (χ1n) is 10.3. The van der Waals surface area contributed by atoms with Gasteiger partial charge in [0.15, 0.2) is 6.61 Å². The third-order valence-corrected chi connectivity index (χ3v) is 5.93. The van der Waals surface area contributed by atoms with Gasteiger partial charge in [-0.15, -0.1) is 5.92 Å². The largest absolute Gasteiger partial charge is 0.491 e. The molecule has 2 fully saturated rings. The second kappa shape index (κ2) is 10.3. The fraction of sp³-hybridized carbons (Fsp3) is 0.565. The van der Waals surface area contributed by atoms with Gasteiger partial charge in [0, 0.05) is 32.7 Å². The molecule has 1 aromatic carbocycles. The van der Waals surface area contributed by atoms with E-state index in [2.05, 4.69) is 22.8 Å². The van der Waals surface area contributed by atoms with Crippen LogP contribution in [-0.4, -0.2) is 73.0 Å². The molecule has 1 N–H and O–H groups in total. The molecule has 1 aromatic rings. The van der Waals surface area contributed by atoms with Gasteiger partial charge < -0.3 is 19.5 Å². The Labute approximate surface area is 178 Å². The van der Waals surface area contributed by atoms with E-state index in [-0.39, 0.29) is 25.3 Å². The van der Waals surface area contributed by atoms with Gasteiger partial charge in [-0.25, -0.2) is 4.79 Å². The predicted octanol–water partition coefficient (Wildman–Crippen LogP) is 2.10. The number of nitriles is 1. The Balaban J connectivity index is 1.46. The van der Waals surface area contributed by atoms with Crippen molar-refractivity contribution in [1.29, 1.82) is 5.26 Å². The Bertz CT molecular complexity index is 810. The zero-order valence-electron chi connectivity index (χ0n) is 17.6. The van der Waals surface area contributed by atoms with Crippen molar-refractivity contribution in [1.82, 2.24) is 9.80 Å². The van der Waals surface area contributed by atoms with Crippen LogP contribution in [-0.2, 0) is 4.74 Å². The SMILES string of the molecule is CC#CCOC(=O)N(C)C1C2CCC1CN(CC(O)COc1ccc(C#N)cc1)C2. The fourth-order valence-electron chi connectivity index (χ4n) is 4.63. The third kappa shape index (κ3) is 5.44. The lowest BCUT2D eigenvalue weighted by Gasteiger charge is -2.42. The highest BCUT2D eigenvalue weighted by molar-refractivity contribution is 5.68. The van der Waals surface area contributed by atoms with Crippen LogP contribution in [0.4, 0.5) is 4.79 Å². The van der Waals surface area contributed by atoms with E-state index < -0.39 is 6.10 Å². The molecule has 1 amide bonds. The van der Waals surface area contributed by atoms with Crippen LogP contribution in [0, 0.1) is 35.0 Å². The van der Waals surface area contributed by atoms with E-state index in [4.69, 9.17) is 14.7 Å². The number of piperidine rings is 1. The monoisotopic (exact) mass is 411 g/mol. The molecular weight excluding hydrogens is 382 g/mol. The molecule has 2 aliphatic rings. The zero-order chi connectivity index (χ0) is 21.5. The molecule has 2 bridgehead atoms. The number of aliphatic hydroxyl groups excluding tert-OH is 1. The minimum absolute atomic E-state index is 0.124. The Morgan fingerprint density at radius 3 is 2.57 bits per heavy atom. The molecule has 0 aromatic heterocycles. The smallest absolute Gasteiger partial charge is 0.410 e. The number of hydrogen-bond donors (Lipinski definition) is 1. The van der Waals surface area contributed by atoms with Gasteiger partial charge in [0.1, 0.15) is 18.5 Å². The molecule has 160 valence electrons. The summed E-state index contributed by atoms with van der Waals surface area (Å²) in [7, 11) is 1.81. The van der Waals surface area contributed by atoms with E-state index in [1.807, 2.05) is 7.05 Å². The fourth-order valence-corrected chi connectivity index (χ4v) is 4.63. The van der Waals surface area contributed by atoms with Crippen LogP contribution in [0.1, 0.15) is 25.3 Å². The number of amides is 1. The summed E-state index contributed by atoms with van der Waals surface area (Å²) in [4.78, 5) is 16.3. The third-order valence-electron chi connectivity index (χ3n) is 5.93. The van der Waals surface area contributed by atoms with Gasteiger partial charge in [-0.2, -0.15) is 5.26 Å². The lowest BCUT2D eigenvalue weighted by molar-refractivity contribution is 0.0171. The van der Waals surface area contributed by atoms with Crippen LogP contribution in [0.15, 0.2) is 24.3 Å². The average Bonchev–Trinajstić information content (AvgIpc) is 3.02. The Morgan fingerprint density at radius 2 is 1.97 bits per heavy atom. The van der Waals surface area contributed by atoms with Crippen molar-refractivity contribution in [3.63, 3.8) is 0 Å². The van der Waals surface area contributed by atoms with Crippen molar-refractivity contribution >= 4 is 6.09 Å². The number of nitrogens with zero attached hydrogens (tertiary/aromatic N) is 3. The number of β-amino-alcohol motifs (C(OH)–C–C–N with tert-alkyl or cyclic N) is 1. The predicted molar refractivity (Wildman–Crippen MR) is 112 cm³/mol. The van der Waals surface area contributed by atoms with Crippen LogP contribution in [0.5, 0.6) is 5.75 Å². The Morgan fingerprint density at radius 1 is 1.30 bits per heavy atom. The first-order chi connectivity index (χ1) is 14.5. The van der Waals surface area contributed by atoms with Gasteiger partial charge in [0.05, 0.1) is 11.6 Å². The lowest BCUT2D eigenvalue weighted by Crippen LogP contribution is -2.54. The van der Waals surface area contributed by atoms with Crippen molar-refractivity contribution in [2.45, 2.75) is 31.9 Å². The van der Waals surface area contributed by atoms with Gasteiger partial charge in [0.2, 0.25) is 0 Å². The van der Waals surface area contributed by atoms with Gasteiger partial charge in [-0.05, 0) is 55.9 Å². The summed E-state index contributed by atoms with van der Waals surface area (Å²) in [6.07, 6.45) is 1.24. The van der Waals surface area contributed by atoms with Crippen molar-refractivity contribution in [3.05, 3.63) is 29.8 Å². The number of likely N-dealkylation sites (tertiary alicyclic amines) is 1. The maximum Gasteiger partial charge on any atom is 0.410 e. The van der Waals surface area contributed by atoms with E-state index >= 15 is 0 Å². The van der Waals surface area contributed by atoms with Crippen LogP contribution >= 0.6 is 0 Å². The van der Waals surface area contributed by atoms with Crippen LogP contribution < -0.4 is 4.74 Å². The number of benzene rings is 1. The molecule has 3 unspecified atom stereocenters. The first-order valence-corrected chi connectivity index (χ1v) is 10.3. The quantitative estimate of drug-likeness (QED) is 0.692. The maximum atomic E-state index is 12.3. The van der Waals surface area contributed by atoms with E-state index in [1.54, 1.807) is 36.1 Å². The first kappa shape index (κ1) is 22.0. The van der Waals surface area contributed by atoms with Crippen molar-refractivity contribution in [2.24, 2.45) is 11.8 Å². The topological polar surface area (TPSA) is 86.0 Å². The summed E-state index contributed by atoms with van der Waals surface area (Å²) in [5, 5.41) is 19.3. The second-order valence-electron chi connectivity index (χ2n) is 8.00. The average molecular weight is 412 g/mol. The molecule has 3 rings (SSSR count). The molecule has 0 radical (unpaired) electrons. The molecule has 3 atom stereocenters. The van der Waals surface area contributed by atoms with Crippen LogP contribution in [0.2, 0.25) is 0 Å². The number of rotatable bonds is 7. The maximum absolute atomic E-state index is 12.3.